The zero-order valence-corrected chi connectivity index (χ0v) is 11.7. The molecule has 0 nitrogen and oxygen atoms in total. The quantitative estimate of drug-likeness (QED) is 0.672. The molecule has 0 radical (unpaired) electrons. The summed E-state index contributed by atoms with van der Waals surface area (Å²) in [5.41, 5.74) is 3.15. The van der Waals surface area contributed by atoms with Gasteiger partial charge in [-0.3, -0.25) is 0 Å². The number of allylic oxidation sites excluding steroid dienone is 4. The van der Waals surface area contributed by atoms with Gasteiger partial charge in [-0.1, -0.05) is 49.8 Å². The molecule has 0 fully saturated rings. The van der Waals surface area contributed by atoms with Crippen LogP contribution in [0.3, 0.4) is 0 Å². The summed E-state index contributed by atoms with van der Waals surface area (Å²) in [6.07, 6.45) is 10.6. The maximum atomic E-state index is 13.6. The normalized spacial score (nSPS) is 13.7. The standard InChI is InChI=1S/C15H17F.C2H6/c1-12-7-9-14(15(16)11-12)10-8-13-5-3-2-4-6-13;1-2/h3,5-7,9,11H,2,4,8,10H2,1H3;1-2H3. The minimum Gasteiger partial charge on any atom is -0.207 e. The number of aryl methyl sites for hydroxylation is 2. The van der Waals surface area contributed by atoms with Crippen LogP contribution in [0.1, 0.15) is 44.2 Å². The van der Waals surface area contributed by atoms with Crippen LogP contribution in [-0.2, 0) is 6.42 Å². The number of hydrogen-bond donors (Lipinski definition) is 0. The molecule has 18 heavy (non-hydrogen) atoms. The van der Waals surface area contributed by atoms with E-state index in [-0.39, 0.29) is 5.82 Å². The Morgan fingerprint density at radius 1 is 1.11 bits per heavy atom. The lowest BCUT2D eigenvalue weighted by Crippen LogP contribution is -1.94. The van der Waals surface area contributed by atoms with Crippen LogP contribution in [0.2, 0.25) is 0 Å². The molecule has 1 aromatic carbocycles. The largest absolute Gasteiger partial charge is 0.207 e. The minimum absolute atomic E-state index is 0.0691. The van der Waals surface area contributed by atoms with Gasteiger partial charge in [-0.2, -0.15) is 0 Å². The highest BCUT2D eigenvalue weighted by molar-refractivity contribution is 5.27. The van der Waals surface area contributed by atoms with Crippen molar-refractivity contribution in [2.45, 2.75) is 46.5 Å². The number of rotatable bonds is 3. The molecule has 0 heterocycles. The van der Waals surface area contributed by atoms with Crippen molar-refractivity contribution in [1.29, 1.82) is 0 Å². The lowest BCUT2D eigenvalue weighted by Gasteiger charge is -2.08. The van der Waals surface area contributed by atoms with Crippen LogP contribution >= 0.6 is 0 Å². The second-order valence-electron chi connectivity index (χ2n) is 4.35. The first-order valence-electron chi connectivity index (χ1n) is 6.86. The summed E-state index contributed by atoms with van der Waals surface area (Å²) in [5, 5.41) is 0. The molecule has 0 amide bonds. The molecule has 1 aromatic rings. The Morgan fingerprint density at radius 3 is 2.50 bits per heavy atom. The predicted octanol–water partition coefficient (Wildman–Crippen LogP) is 5.37. The Hall–Kier alpha value is -1.37. The summed E-state index contributed by atoms with van der Waals surface area (Å²) in [4.78, 5) is 0. The van der Waals surface area contributed by atoms with Crippen molar-refractivity contribution in [3.8, 4) is 0 Å². The summed E-state index contributed by atoms with van der Waals surface area (Å²) in [6, 6.07) is 5.49. The van der Waals surface area contributed by atoms with Crippen molar-refractivity contribution in [3.05, 3.63) is 58.9 Å². The Kier molecular flexibility index (Phi) is 6.42. The minimum atomic E-state index is -0.0691. The monoisotopic (exact) mass is 246 g/mol. The summed E-state index contributed by atoms with van der Waals surface area (Å²) in [6.45, 7) is 5.92. The molecule has 0 N–H and O–H groups in total. The van der Waals surface area contributed by atoms with Gasteiger partial charge in [0, 0.05) is 0 Å². The van der Waals surface area contributed by atoms with E-state index in [9.17, 15) is 4.39 Å². The van der Waals surface area contributed by atoms with Gasteiger partial charge >= 0.3 is 0 Å². The van der Waals surface area contributed by atoms with Crippen LogP contribution < -0.4 is 0 Å². The third-order valence-corrected chi connectivity index (χ3v) is 2.96. The molecule has 0 saturated carbocycles. The first-order valence-corrected chi connectivity index (χ1v) is 6.86. The molecule has 0 unspecified atom stereocenters. The number of hydrogen-bond acceptors (Lipinski definition) is 0. The fourth-order valence-electron chi connectivity index (χ4n) is 1.99. The van der Waals surface area contributed by atoms with Crippen molar-refractivity contribution in [2.75, 3.05) is 0 Å². The molecular weight excluding hydrogens is 223 g/mol. The highest BCUT2D eigenvalue weighted by Crippen LogP contribution is 2.18. The van der Waals surface area contributed by atoms with E-state index in [1.165, 1.54) is 5.57 Å². The molecule has 0 aromatic heterocycles. The van der Waals surface area contributed by atoms with Crippen molar-refractivity contribution < 1.29 is 4.39 Å². The highest BCUT2D eigenvalue weighted by Gasteiger charge is 2.04. The highest BCUT2D eigenvalue weighted by atomic mass is 19.1. The van der Waals surface area contributed by atoms with Crippen molar-refractivity contribution in [1.82, 2.24) is 0 Å². The Labute approximate surface area is 110 Å². The molecule has 2 rings (SSSR count). The van der Waals surface area contributed by atoms with Crippen LogP contribution in [-0.4, -0.2) is 0 Å². The average Bonchev–Trinajstić information content (AvgIpc) is 2.41. The van der Waals surface area contributed by atoms with E-state index in [1.807, 2.05) is 32.9 Å². The van der Waals surface area contributed by atoms with E-state index in [2.05, 4.69) is 18.2 Å². The smallest absolute Gasteiger partial charge is 0.126 e. The van der Waals surface area contributed by atoms with E-state index < -0.39 is 0 Å². The lowest BCUT2D eigenvalue weighted by molar-refractivity contribution is 0.607. The van der Waals surface area contributed by atoms with E-state index in [4.69, 9.17) is 0 Å². The first kappa shape index (κ1) is 14.7. The predicted molar refractivity (Wildman–Crippen MR) is 77.3 cm³/mol. The van der Waals surface area contributed by atoms with E-state index >= 15 is 0 Å². The Morgan fingerprint density at radius 2 is 1.89 bits per heavy atom. The third-order valence-electron chi connectivity index (χ3n) is 2.96. The van der Waals surface area contributed by atoms with Crippen LogP contribution in [0, 0.1) is 12.7 Å². The zero-order chi connectivity index (χ0) is 13.4. The molecule has 0 saturated heterocycles. The van der Waals surface area contributed by atoms with Crippen LogP contribution in [0.4, 0.5) is 4.39 Å². The summed E-state index contributed by atoms with van der Waals surface area (Å²) < 4.78 is 13.6. The zero-order valence-electron chi connectivity index (χ0n) is 11.7. The van der Waals surface area contributed by atoms with E-state index in [1.54, 1.807) is 6.07 Å². The van der Waals surface area contributed by atoms with Gasteiger partial charge in [0.05, 0.1) is 0 Å². The maximum Gasteiger partial charge on any atom is 0.126 e. The van der Waals surface area contributed by atoms with Gasteiger partial charge < -0.3 is 0 Å². The first-order chi connectivity index (χ1) is 8.75. The summed E-state index contributed by atoms with van der Waals surface area (Å²) >= 11 is 0. The van der Waals surface area contributed by atoms with Crippen molar-refractivity contribution in [3.63, 3.8) is 0 Å². The average molecular weight is 246 g/mol. The van der Waals surface area contributed by atoms with Gasteiger partial charge in [0.2, 0.25) is 0 Å². The van der Waals surface area contributed by atoms with Crippen LogP contribution in [0.15, 0.2) is 42.0 Å². The van der Waals surface area contributed by atoms with Gasteiger partial charge in [0.1, 0.15) is 5.82 Å². The van der Waals surface area contributed by atoms with E-state index in [0.29, 0.717) is 0 Å². The molecule has 0 atom stereocenters. The maximum absolute atomic E-state index is 13.6. The van der Waals surface area contributed by atoms with Crippen molar-refractivity contribution >= 4 is 0 Å². The second kappa shape index (κ2) is 7.86. The second-order valence-corrected chi connectivity index (χ2v) is 4.35. The van der Waals surface area contributed by atoms with Gasteiger partial charge in [0.25, 0.3) is 0 Å². The molecule has 0 bridgehead atoms. The SMILES string of the molecule is CC.Cc1ccc(CCC2=CCCC=C2)c(F)c1. The summed E-state index contributed by atoms with van der Waals surface area (Å²) in [5.74, 6) is -0.0691. The fraction of sp³-hybridized carbons (Fsp3) is 0.412. The Balaban J connectivity index is 0.000000771. The molecule has 1 aliphatic carbocycles. The third kappa shape index (κ3) is 4.48. The molecule has 0 spiro atoms. The number of halogens is 1. The lowest BCUT2D eigenvalue weighted by atomic mass is 9.99. The molecule has 1 aliphatic rings. The van der Waals surface area contributed by atoms with Crippen LogP contribution in [0.25, 0.3) is 0 Å². The topological polar surface area (TPSA) is 0 Å². The molecule has 98 valence electrons. The summed E-state index contributed by atoms with van der Waals surface area (Å²) in [7, 11) is 0. The van der Waals surface area contributed by atoms with Gasteiger partial charge in [0.15, 0.2) is 0 Å². The number of benzene rings is 1. The van der Waals surface area contributed by atoms with Crippen LogP contribution in [0.5, 0.6) is 0 Å². The molecule has 0 aliphatic heterocycles. The van der Waals surface area contributed by atoms with Gasteiger partial charge in [-0.05, 0) is 49.8 Å². The molecular formula is C17H23F. The van der Waals surface area contributed by atoms with E-state index in [0.717, 1.165) is 36.8 Å². The van der Waals surface area contributed by atoms with Gasteiger partial charge in [-0.25, -0.2) is 4.39 Å². The fourth-order valence-corrected chi connectivity index (χ4v) is 1.99. The Bertz CT molecular complexity index is 427. The van der Waals surface area contributed by atoms with Gasteiger partial charge in [-0.15, -0.1) is 0 Å². The van der Waals surface area contributed by atoms with Crippen molar-refractivity contribution in [2.24, 2.45) is 0 Å². The molecule has 1 heteroatoms.